The van der Waals surface area contributed by atoms with Crippen LogP contribution in [0.5, 0.6) is 11.5 Å². The van der Waals surface area contributed by atoms with Gasteiger partial charge in [0.2, 0.25) is 5.91 Å². The number of rotatable bonds is 10. The molecule has 0 radical (unpaired) electrons. The summed E-state index contributed by atoms with van der Waals surface area (Å²) < 4.78 is 11.4. The number of carbonyl (C=O) groups excluding carboxylic acids is 1. The van der Waals surface area contributed by atoms with Crippen LogP contribution in [-0.2, 0) is 17.9 Å². The van der Waals surface area contributed by atoms with Crippen LogP contribution in [0.25, 0.3) is 0 Å². The molecule has 7 heteroatoms. The summed E-state index contributed by atoms with van der Waals surface area (Å²) in [6.45, 7) is 7.42. The van der Waals surface area contributed by atoms with Gasteiger partial charge >= 0.3 is 0 Å². The van der Waals surface area contributed by atoms with Gasteiger partial charge in [0.1, 0.15) is 6.10 Å². The molecule has 1 atom stereocenters. The number of likely N-dealkylation sites (tertiary alicyclic amines) is 1. The smallest absolute Gasteiger partial charge is 0.222 e. The van der Waals surface area contributed by atoms with Crippen LogP contribution in [0.4, 0.5) is 0 Å². The number of hydrogen-bond acceptors (Lipinski definition) is 4. The molecule has 1 unspecified atom stereocenters. The molecule has 32 heavy (non-hydrogen) atoms. The minimum Gasteiger partial charge on any atom is -0.493 e. The van der Waals surface area contributed by atoms with Gasteiger partial charge in [0, 0.05) is 26.1 Å². The second kappa shape index (κ2) is 12.0. The van der Waals surface area contributed by atoms with Gasteiger partial charge in [-0.1, -0.05) is 36.4 Å². The first-order chi connectivity index (χ1) is 15.6. The summed E-state index contributed by atoms with van der Waals surface area (Å²) in [5.74, 6) is 2.40. The number of guanidine groups is 1. The predicted octanol–water partition coefficient (Wildman–Crippen LogP) is 3.34. The van der Waals surface area contributed by atoms with Gasteiger partial charge in [-0.05, 0) is 43.5 Å². The lowest BCUT2D eigenvalue weighted by molar-refractivity contribution is -0.128. The van der Waals surface area contributed by atoms with E-state index in [1.807, 2.05) is 55.1 Å². The third kappa shape index (κ3) is 6.64. The van der Waals surface area contributed by atoms with Crippen LogP contribution in [0.15, 0.2) is 53.5 Å². The van der Waals surface area contributed by atoms with E-state index in [4.69, 9.17) is 14.5 Å². The first kappa shape index (κ1) is 23.4. The molecule has 0 aliphatic carbocycles. The number of amides is 1. The normalized spacial score (nSPS) is 14.9. The SMILES string of the molecule is CCNC(=NCc1ccccc1CN1CCCC1=O)NCC(C)Oc1ccccc1OC. The molecule has 7 nitrogen and oxygen atoms in total. The van der Waals surface area contributed by atoms with Gasteiger partial charge in [0.25, 0.3) is 0 Å². The van der Waals surface area contributed by atoms with Crippen molar-refractivity contribution in [1.82, 2.24) is 15.5 Å². The fourth-order valence-corrected chi connectivity index (χ4v) is 3.66. The van der Waals surface area contributed by atoms with Gasteiger partial charge in [-0.2, -0.15) is 0 Å². The molecule has 0 spiro atoms. The van der Waals surface area contributed by atoms with Crippen molar-refractivity contribution in [3.63, 3.8) is 0 Å². The Morgan fingerprint density at radius 1 is 1.09 bits per heavy atom. The number of ether oxygens (including phenoxy) is 2. The molecule has 0 bridgehead atoms. The average Bonchev–Trinajstić information content (AvgIpc) is 3.21. The van der Waals surface area contributed by atoms with E-state index in [0.29, 0.717) is 31.8 Å². The van der Waals surface area contributed by atoms with Gasteiger partial charge in [-0.3, -0.25) is 4.79 Å². The third-order valence-corrected chi connectivity index (χ3v) is 5.36. The fraction of sp³-hybridized carbons (Fsp3) is 0.440. The topological polar surface area (TPSA) is 75.2 Å². The number of benzene rings is 2. The number of para-hydroxylation sites is 2. The van der Waals surface area contributed by atoms with Crippen molar-refractivity contribution in [3.05, 3.63) is 59.7 Å². The first-order valence-electron chi connectivity index (χ1n) is 11.3. The van der Waals surface area contributed by atoms with Crippen LogP contribution in [0.2, 0.25) is 0 Å². The summed E-state index contributed by atoms with van der Waals surface area (Å²) >= 11 is 0. The molecular weight excluding hydrogens is 404 g/mol. The molecule has 1 aliphatic rings. The molecule has 2 N–H and O–H groups in total. The van der Waals surface area contributed by atoms with E-state index in [1.54, 1.807) is 7.11 Å². The standard InChI is InChI=1S/C25H34N4O3/c1-4-26-25(27-16-19(2)32-23-13-8-7-12-22(23)31-3)28-17-20-10-5-6-11-21(20)18-29-15-9-14-24(29)30/h5-8,10-13,19H,4,9,14-18H2,1-3H3,(H2,26,27,28). The van der Waals surface area contributed by atoms with Crippen LogP contribution in [0.1, 0.15) is 37.8 Å². The quantitative estimate of drug-likeness (QED) is 0.440. The molecule has 0 saturated carbocycles. The number of nitrogens with one attached hydrogen (secondary N) is 2. The molecule has 0 aromatic heterocycles. The Labute approximate surface area is 190 Å². The fourth-order valence-electron chi connectivity index (χ4n) is 3.66. The molecule has 1 aliphatic heterocycles. The van der Waals surface area contributed by atoms with Crippen LogP contribution in [0.3, 0.4) is 0 Å². The highest BCUT2D eigenvalue weighted by molar-refractivity contribution is 5.80. The highest BCUT2D eigenvalue weighted by Gasteiger charge is 2.20. The molecule has 1 heterocycles. The van der Waals surface area contributed by atoms with Crippen molar-refractivity contribution in [2.24, 2.45) is 4.99 Å². The maximum absolute atomic E-state index is 12.0. The van der Waals surface area contributed by atoms with E-state index in [-0.39, 0.29) is 12.0 Å². The summed E-state index contributed by atoms with van der Waals surface area (Å²) in [7, 11) is 1.64. The molecule has 2 aromatic carbocycles. The van der Waals surface area contributed by atoms with Gasteiger partial charge in [0.05, 0.1) is 20.2 Å². The van der Waals surface area contributed by atoms with Crippen molar-refractivity contribution in [3.8, 4) is 11.5 Å². The van der Waals surface area contributed by atoms with Gasteiger partial charge in [-0.25, -0.2) is 4.99 Å². The highest BCUT2D eigenvalue weighted by atomic mass is 16.5. The van der Waals surface area contributed by atoms with Gasteiger partial charge in [-0.15, -0.1) is 0 Å². The van der Waals surface area contributed by atoms with E-state index in [2.05, 4.69) is 22.8 Å². The first-order valence-corrected chi connectivity index (χ1v) is 11.3. The Bertz CT molecular complexity index is 916. The summed E-state index contributed by atoms with van der Waals surface area (Å²) in [5.41, 5.74) is 2.28. The van der Waals surface area contributed by atoms with E-state index >= 15 is 0 Å². The monoisotopic (exact) mass is 438 g/mol. The van der Waals surface area contributed by atoms with Crippen LogP contribution in [-0.4, -0.2) is 49.6 Å². The summed E-state index contributed by atoms with van der Waals surface area (Å²) in [4.78, 5) is 18.7. The van der Waals surface area contributed by atoms with Crippen molar-refractivity contribution in [2.75, 3.05) is 26.7 Å². The Morgan fingerprint density at radius 2 is 1.81 bits per heavy atom. The van der Waals surface area contributed by atoms with Crippen molar-refractivity contribution in [1.29, 1.82) is 0 Å². The molecule has 2 aromatic rings. The molecule has 1 fully saturated rings. The summed E-state index contributed by atoms with van der Waals surface area (Å²) in [5, 5.41) is 6.64. The number of hydrogen-bond donors (Lipinski definition) is 2. The average molecular weight is 439 g/mol. The Balaban J connectivity index is 1.59. The molecular formula is C25H34N4O3. The third-order valence-electron chi connectivity index (χ3n) is 5.36. The maximum Gasteiger partial charge on any atom is 0.222 e. The summed E-state index contributed by atoms with van der Waals surface area (Å²) in [6.07, 6.45) is 1.52. The zero-order valence-corrected chi connectivity index (χ0v) is 19.3. The van der Waals surface area contributed by atoms with Crippen molar-refractivity contribution >= 4 is 11.9 Å². The number of aliphatic imine (C=N–C) groups is 1. The van der Waals surface area contributed by atoms with Crippen LogP contribution >= 0.6 is 0 Å². The zero-order valence-electron chi connectivity index (χ0n) is 19.3. The lowest BCUT2D eigenvalue weighted by Gasteiger charge is -2.19. The maximum atomic E-state index is 12.0. The number of carbonyl (C=O) groups is 1. The molecule has 1 amide bonds. The van der Waals surface area contributed by atoms with E-state index in [1.165, 1.54) is 0 Å². The molecule has 3 rings (SSSR count). The Hall–Kier alpha value is -3.22. The lowest BCUT2D eigenvalue weighted by atomic mass is 10.1. The Morgan fingerprint density at radius 3 is 2.50 bits per heavy atom. The number of nitrogens with zero attached hydrogens (tertiary/aromatic N) is 2. The molecule has 172 valence electrons. The highest BCUT2D eigenvalue weighted by Crippen LogP contribution is 2.26. The number of methoxy groups -OCH3 is 1. The summed E-state index contributed by atoms with van der Waals surface area (Å²) in [6, 6.07) is 15.8. The van der Waals surface area contributed by atoms with Crippen molar-refractivity contribution < 1.29 is 14.3 Å². The minimum atomic E-state index is -0.0800. The zero-order chi connectivity index (χ0) is 22.8. The van der Waals surface area contributed by atoms with Gasteiger partial charge in [0.15, 0.2) is 17.5 Å². The van der Waals surface area contributed by atoms with E-state index < -0.39 is 0 Å². The van der Waals surface area contributed by atoms with Crippen molar-refractivity contribution in [2.45, 2.75) is 45.9 Å². The van der Waals surface area contributed by atoms with E-state index in [0.717, 1.165) is 42.3 Å². The largest absolute Gasteiger partial charge is 0.493 e. The second-order valence-electron chi connectivity index (χ2n) is 7.84. The van der Waals surface area contributed by atoms with Crippen LogP contribution in [0, 0.1) is 0 Å². The minimum absolute atomic E-state index is 0.0800. The predicted molar refractivity (Wildman–Crippen MR) is 127 cm³/mol. The Kier molecular flexibility index (Phi) is 8.78. The second-order valence-corrected chi connectivity index (χ2v) is 7.84. The van der Waals surface area contributed by atoms with Crippen LogP contribution < -0.4 is 20.1 Å². The van der Waals surface area contributed by atoms with E-state index in [9.17, 15) is 4.79 Å². The van der Waals surface area contributed by atoms with Gasteiger partial charge < -0.3 is 25.0 Å². The lowest BCUT2D eigenvalue weighted by Crippen LogP contribution is -2.41. The molecule has 1 saturated heterocycles.